The number of rotatable bonds is 10. The van der Waals surface area contributed by atoms with Crippen LogP contribution < -0.4 is 5.32 Å². The molecular weight excluding hydrogens is 236 g/mol. The minimum absolute atomic E-state index is 0.184. The quantitative estimate of drug-likeness (QED) is 0.642. The summed E-state index contributed by atoms with van der Waals surface area (Å²) in [6.45, 7) is 17.9. The van der Waals surface area contributed by atoms with Crippen molar-refractivity contribution in [3.05, 3.63) is 0 Å². The van der Waals surface area contributed by atoms with Crippen molar-refractivity contribution < 1.29 is 5.11 Å². The molecule has 0 aliphatic heterocycles. The molecule has 3 nitrogen and oxygen atoms in total. The Morgan fingerprint density at radius 2 is 1.74 bits per heavy atom. The molecule has 0 aromatic carbocycles. The first kappa shape index (κ1) is 18.9. The Bertz CT molecular complexity index is 233. The van der Waals surface area contributed by atoms with Crippen molar-refractivity contribution in [1.29, 1.82) is 0 Å². The number of nitrogens with zero attached hydrogens (tertiary/aromatic N) is 1. The van der Waals surface area contributed by atoms with Crippen LogP contribution in [0.15, 0.2) is 0 Å². The van der Waals surface area contributed by atoms with E-state index >= 15 is 0 Å². The minimum atomic E-state index is -0.184. The summed E-state index contributed by atoms with van der Waals surface area (Å²) in [4.78, 5) is 2.53. The van der Waals surface area contributed by atoms with Gasteiger partial charge in [-0.2, -0.15) is 0 Å². The molecule has 3 atom stereocenters. The van der Waals surface area contributed by atoms with Crippen LogP contribution in [0, 0.1) is 5.92 Å². The zero-order valence-corrected chi connectivity index (χ0v) is 14.2. The molecule has 0 heterocycles. The van der Waals surface area contributed by atoms with Crippen molar-refractivity contribution in [2.45, 2.75) is 78.9 Å². The number of hydrogen-bond acceptors (Lipinski definition) is 3. The molecule has 0 aromatic heterocycles. The monoisotopic (exact) mass is 272 g/mol. The highest BCUT2D eigenvalue weighted by atomic mass is 16.3. The standard InChI is InChI=1S/C16H36N2O/c1-8-14(5)11-18(9-2)15(6)10-16(7,12-19)17-13(3)4/h13-15,17,19H,8-12H2,1-7H3. The maximum absolute atomic E-state index is 9.68. The van der Waals surface area contributed by atoms with Gasteiger partial charge in [0.15, 0.2) is 0 Å². The Balaban J connectivity index is 4.55. The van der Waals surface area contributed by atoms with Crippen LogP contribution in [-0.2, 0) is 0 Å². The molecule has 0 amide bonds. The molecule has 2 N–H and O–H groups in total. The van der Waals surface area contributed by atoms with Crippen LogP contribution in [0.25, 0.3) is 0 Å². The molecular formula is C16H36N2O. The summed E-state index contributed by atoms with van der Waals surface area (Å²) in [5.74, 6) is 0.737. The molecule has 0 radical (unpaired) electrons. The average Bonchev–Trinajstić information content (AvgIpc) is 2.34. The van der Waals surface area contributed by atoms with E-state index in [9.17, 15) is 5.11 Å². The fraction of sp³-hybridized carbons (Fsp3) is 1.00. The van der Waals surface area contributed by atoms with Crippen molar-refractivity contribution in [2.75, 3.05) is 19.7 Å². The maximum atomic E-state index is 9.68. The van der Waals surface area contributed by atoms with E-state index in [1.807, 2.05) is 0 Å². The fourth-order valence-electron chi connectivity index (χ4n) is 2.80. The number of hydrogen-bond donors (Lipinski definition) is 2. The molecule has 0 rings (SSSR count). The summed E-state index contributed by atoms with van der Waals surface area (Å²) in [6, 6.07) is 0.886. The van der Waals surface area contributed by atoms with Crippen LogP contribution in [-0.4, -0.2) is 47.3 Å². The molecule has 0 aliphatic carbocycles. The van der Waals surface area contributed by atoms with E-state index in [0.29, 0.717) is 12.1 Å². The second-order valence-corrected chi connectivity index (χ2v) is 6.67. The van der Waals surface area contributed by atoms with E-state index in [0.717, 1.165) is 25.4 Å². The van der Waals surface area contributed by atoms with Crippen LogP contribution in [0.5, 0.6) is 0 Å². The Morgan fingerprint density at radius 1 is 1.16 bits per heavy atom. The summed E-state index contributed by atoms with van der Waals surface area (Å²) in [5.41, 5.74) is -0.184. The predicted octanol–water partition coefficient (Wildman–Crippen LogP) is 2.88. The smallest absolute Gasteiger partial charge is 0.0611 e. The van der Waals surface area contributed by atoms with E-state index in [2.05, 4.69) is 58.7 Å². The van der Waals surface area contributed by atoms with Gasteiger partial charge in [-0.3, -0.25) is 0 Å². The summed E-state index contributed by atoms with van der Waals surface area (Å²) in [6.07, 6.45) is 2.21. The van der Waals surface area contributed by atoms with Gasteiger partial charge in [0.25, 0.3) is 0 Å². The summed E-state index contributed by atoms with van der Waals surface area (Å²) in [7, 11) is 0. The molecule has 0 aromatic rings. The molecule has 0 aliphatic rings. The third-order valence-corrected chi connectivity index (χ3v) is 4.00. The van der Waals surface area contributed by atoms with Crippen molar-refractivity contribution >= 4 is 0 Å². The highest BCUT2D eigenvalue weighted by Crippen LogP contribution is 2.18. The zero-order chi connectivity index (χ0) is 15.1. The first-order valence-electron chi connectivity index (χ1n) is 7.90. The zero-order valence-electron chi connectivity index (χ0n) is 14.2. The third-order valence-electron chi connectivity index (χ3n) is 4.00. The lowest BCUT2D eigenvalue weighted by Crippen LogP contribution is -2.53. The Morgan fingerprint density at radius 3 is 2.11 bits per heavy atom. The van der Waals surface area contributed by atoms with Crippen LogP contribution in [0.3, 0.4) is 0 Å². The third kappa shape index (κ3) is 7.28. The van der Waals surface area contributed by atoms with E-state index < -0.39 is 0 Å². The first-order valence-corrected chi connectivity index (χ1v) is 7.90. The van der Waals surface area contributed by atoms with Crippen molar-refractivity contribution in [3.8, 4) is 0 Å². The molecule has 19 heavy (non-hydrogen) atoms. The average molecular weight is 272 g/mol. The largest absolute Gasteiger partial charge is 0.394 e. The molecule has 0 saturated carbocycles. The van der Waals surface area contributed by atoms with Crippen LogP contribution in [0.4, 0.5) is 0 Å². The predicted molar refractivity (Wildman–Crippen MR) is 84.5 cm³/mol. The SMILES string of the molecule is CCC(C)CN(CC)C(C)CC(C)(CO)NC(C)C. The second kappa shape index (κ2) is 8.93. The molecule has 0 saturated heterocycles. The molecule has 3 heteroatoms. The van der Waals surface area contributed by atoms with Gasteiger partial charge in [-0.05, 0) is 32.7 Å². The fourth-order valence-corrected chi connectivity index (χ4v) is 2.80. The van der Waals surface area contributed by atoms with Gasteiger partial charge in [-0.15, -0.1) is 0 Å². The van der Waals surface area contributed by atoms with Gasteiger partial charge in [-0.25, -0.2) is 0 Å². The maximum Gasteiger partial charge on any atom is 0.0611 e. The lowest BCUT2D eigenvalue weighted by atomic mass is 9.92. The summed E-state index contributed by atoms with van der Waals surface area (Å²) < 4.78 is 0. The molecule has 0 fully saturated rings. The number of nitrogens with one attached hydrogen (secondary N) is 1. The van der Waals surface area contributed by atoms with E-state index in [1.165, 1.54) is 6.42 Å². The van der Waals surface area contributed by atoms with Gasteiger partial charge in [-0.1, -0.05) is 41.0 Å². The molecule has 116 valence electrons. The van der Waals surface area contributed by atoms with Gasteiger partial charge >= 0.3 is 0 Å². The molecule has 0 spiro atoms. The summed E-state index contributed by atoms with van der Waals surface area (Å²) >= 11 is 0. The summed E-state index contributed by atoms with van der Waals surface area (Å²) in [5, 5.41) is 13.2. The van der Waals surface area contributed by atoms with Crippen LogP contribution in [0.1, 0.15) is 61.3 Å². The molecule has 3 unspecified atom stereocenters. The Labute approximate surface area is 120 Å². The lowest BCUT2D eigenvalue weighted by Gasteiger charge is -2.38. The van der Waals surface area contributed by atoms with Gasteiger partial charge in [0.2, 0.25) is 0 Å². The number of aliphatic hydroxyl groups excluding tert-OH is 1. The van der Waals surface area contributed by atoms with Crippen LogP contribution >= 0.6 is 0 Å². The van der Waals surface area contributed by atoms with E-state index in [-0.39, 0.29) is 12.1 Å². The van der Waals surface area contributed by atoms with Crippen molar-refractivity contribution in [2.24, 2.45) is 5.92 Å². The van der Waals surface area contributed by atoms with E-state index in [1.54, 1.807) is 0 Å². The van der Waals surface area contributed by atoms with Crippen LogP contribution in [0.2, 0.25) is 0 Å². The topological polar surface area (TPSA) is 35.5 Å². The van der Waals surface area contributed by atoms with Gasteiger partial charge < -0.3 is 15.3 Å². The van der Waals surface area contributed by atoms with Gasteiger partial charge in [0.1, 0.15) is 0 Å². The second-order valence-electron chi connectivity index (χ2n) is 6.67. The van der Waals surface area contributed by atoms with E-state index in [4.69, 9.17) is 0 Å². The Kier molecular flexibility index (Phi) is 8.88. The van der Waals surface area contributed by atoms with Gasteiger partial charge in [0.05, 0.1) is 6.61 Å². The lowest BCUT2D eigenvalue weighted by molar-refractivity contribution is 0.103. The molecule has 0 bridgehead atoms. The highest BCUT2D eigenvalue weighted by molar-refractivity contribution is 4.88. The van der Waals surface area contributed by atoms with Crippen molar-refractivity contribution in [3.63, 3.8) is 0 Å². The first-order chi connectivity index (χ1) is 8.77. The normalized spacial score (nSPS) is 18.6. The minimum Gasteiger partial charge on any atom is -0.394 e. The number of aliphatic hydroxyl groups is 1. The Hall–Kier alpha value is -0.120. The van der Waals surface area contributed by atoms with Gasteiger partial charge in [0, 0.05) is 24.2 Å². The van der Waals surface area contributed by atoms with Crippen molar-refractivity contribution in [1.82, 2.24) is 10.2 Å². The highest BCUT2D eigenvalue weighted by Gasteiger charge is 2.28.